The van der Waals surface area contributed by atoms with Crippen LogP contribution in [0.5, 0.6) is 0 Å². The third-order valence-electron chi connectivity index (χ3n) is 17.0. The molecule has 2 heteroatoms. The van der Waals surface area contributed by atoms with Crippen molar-refractivity contribution in [1.29, 1.82) is 0 Å². The van der Waals surface area contributed by atoms with Crippen molar-refractivity contribution in [3.63, 3.8) is 0 Å². The average Bonchev–Trinajstić information content (AvgIpc) is 0.886. The van der Waals surface area contributed by atoms with E-state index in [-0.39, 0.29) is 0 Å². The van der Waals surface area contributed by atoms with E-state index in [0.29, 0.717) is 0 Å². The number of fused-ring (bicyclic) bond motifs is 4. The Kier molecular flexibility index (Phi) is 14.4. The molecule has 0 radical (unpaired) electrons. The van der Waals surface area contributed by atoms with Gasteiger partial charge < -0.3 is 9.80 Å². The molecule has 0 heterocycles. The third-order valence-corrected chi connectivity index (χ3v) is 17.0. The predicted octanol–water partition coefficient (Wildman–Crippen LogP) is 23.8. The molecule has 414 valence electrons. The normalized spacial score (nSPS) is 11.8. The van der Waals surface area contributed by atoms with E-state index in [0.717, 1.165) is 78.7 Å². The van der Waals surface area contributed by atoms with Gasteiger partial charge in [-0.2, -0.15) is 0 Å². The molecule has 15 rings (SSSR count). The summed E-state index contributed by atoms with van der Waals surface area (Å²) in [6.45, 7) is 0. The van der Waals surface area contributed by atoms with E-state index in [1.54, 1.807) is 0 Å². The fourth-order valence-electron chi connectivity index (χ4n) is 12.7. The van der Waals surface area contributed by atoms with Crippen molar-refractivity contribution in [3.05, 3.63) is 385 Å². The van der Waals surface area contributed by atoms with Crippen molar-refractivity contribution in [1.82, 2.24) is 0 Å². The molecule has 0 aliphatic rings. The van der Waals surface area contributed by atoms with Crippen LogP contribution in [0.3, 0.4) is 0 Å². The van der Waals surface area contributed by atoms with Crippen molar-refractivity contribution < 1.29 is 0 Å². The van der Waals surface area contributed by atoms with Gasteiger partial charge in [-0.05, 0) is 195 Å². The molecule has 0 saturated carbocycles. The number of hydrogen-bond acceptors (Lipinski definition) is 2. The van der Waals surface area contributed by atoms with Gasteiger partial charge in [-0.3, -0.25) is 0 Å². The lowest BCUT2D eigenvalue weighted by Gasteiger charge is -2.26. The van der Waals surface area contributed by atoms with Crippen molar-refractivity contribution in [3.8, 4) is 22.3 Å². The van der Waals surface area contributed by atoms with Crippen LogP contribution in [0.1, 0.15) is 33.4 Å². The molecule has 0 spiro atoms. The van der Waals surface area contributed by atoms with Crippen LogP contribution in [0.15, 0.2) is 352 Å². The molecule has 0 bridgehead atoms. The van der Waals surface area contributed by atoms with Gasteiger partial charge in [0.25, 0.3) is 0 Å². The first kappa shape index (κ1) is 53.2. The second-order valence-electron chi connectivity index (χ2n) is 22.4. The van der Waals surface area contributed by atoms with Crippen LogP contribution in [0.2, 0.25) is 0 Å². The Morgan fingerprint density at radius 3 is 0.830 bits per heavy atom. The number of rotatable bonds is 14. The minimum Gasteiger partial charge on any atom is -0.310 e. The number of nitrogens with zero attached hydrogens (tertiary/aromatic N) is 2. The van der Waals surface area contributed by atoms with Gasteiger partial charge in [0.1, 0.15) is 0 Å². The Labute approximate surface area is 514 Å². The van der Waals surface area contributed by atoms with Crippen LogP contribution in [-0.2, 0) is 0 Å². The summed E-state index contributed by atoms with van der Waals surface area (Å²) in [6.07, 6.45) is 4.65. The lowest BCUT2D eigenvalue weighted by Crippen LogP contribution is -2.09. The van der Waals surface area contributed by atoms with Gasteiger partial charge >= 0.3 is 0 Å². The van der Waals surface area contributed by atoms with E-state index in [1.807, 2.05) is 0 Å². The first-order valence-electron chi connectivity index (χ1n) is 30.2. The van der Waals surface area contributed by atoms with Crippen LogP contribution < -0.4 is 9.80 Å². The van der Waals surface area contributed by atoms with Gasteiger partial charge in [-0.15, -0.1) is 0 Å². The van der Waals surface area contributed by atoms with Crippen molar-refractivity contribution in [2.75, 3.05) is 9.80 Å². The van der Waals surface area contributed by atoms with Crippen molar-refractivity contribution >= 4 is 101 Å². The molecule has 0 atom stereocenters. The minimum atomic E-state index is 1.10. The smallest absolute Gasteiger partial charge is 0.0468 e. The SMILES string of the molecule is C(=C(/c1ccccc1)c1ccc(-c2c3ccccc3c(-c3ccc(/C(=C/c4ccc(N(c5ccccc5)c5ccc6ccccc6c5)cc4)c4ccccc4)cc3)c3ccccc23)cc1)/c1ccc(N(c2ccccc2)c2ccc3ccccc3c2)cc1. The Balaban J connectivity index is 0.756. The molecule has 0 amide bonds. The second kappa shape index (κ2) is 23.8. The molecule has 0 aliphatic heterocycles. The monoisotopic (exact) mass is 1120 g/mol. The maximum atomic E-state index is 2.34. The van der Waals surface area contributed by atoms with Crippen LogP contribution >= 0.6 is 0 Å². The zero-order chi connectivity index (χ0) is 58.6. The minimum absolute atomic E-state index is 1.10. The fraction of sp³-hybridized carbons (Fsp3) is 0. The number of benzene rings is 15. The number of hydrogen-bond donors (Lipinski definition) is 0. The first-order chi connectivity index (χ1) is 43.6. The quantitative estimate of drug-likeness (QED) is 0.0791. The van der Waals surface area contributed by atoms with Gasteiger partial charge in [0.05, 0.1) is 0 Å². The molecule has 0 unspecified atom stereocenters. The van der Waals surface area contributed by atoms with Crippen molar-refractivity contribution in [2.45, 2.75) is 0 Å². The van der Waals surface area contributed by atoms with Crippen LogP contribution in [-0.4, -0.2) is 0 Å². The molecular weight excluding hydrogens is 1060 g/mol. The maximum Gasteiger partial charge on any atom is 0.0468 e. The summed E-state index contributed by atoms with van der Waals surface area (Å²) < 4.78 is 0. The molecule has 2 nitrogen and oxygen atoms in total. The van der Waals surface area contributed by atoms with E-state index in [4.69, 9.17) is 0 Å². The molecule has 0 saturated heterocycles. The van der Waals surface area contributed by atoms with Crippen LogP contribution in [0.4, 0.5) is 34.1 Å². The van der Waals surface area contributed by atoms with E-state index in [9.17, 15) is 0 Å². The summed E-state index contributed by atoms with van der Waals surface area (Å²) >= 11 is 0. The molecule has 15 aromatic rings. The van der Waals surface area contributed by atoms with E-state index >= 15 is 0 Å². The summed E-state index contributed by atoms with van der Waals surface area (Å²) in [5, 5.41) is 9.77. The number of para-hydroxylation sites is 2. The summed E-state index contributed by atoms with van der Waals surface area (Å²) in [5.41, 5.74) is 20.7. The van der Waals surface area contributed by atoms with Gasteiger partial charge in [0, 0.05) is 34.1 Å². The highest BCUT2D eigenvalue weighted by molar-refractivity contribution is 6.21. The van der Waals surface area contributed by atoms with Gasteiger partial charge in [-0.25, -0.2) is 0 Å². The summed E-state index contributed by atoms with van der Waals surface area (Å²) in [5.74, 6) is 0. The maximum absolute atomic E-state index is 2.34. The molecule has 0 N–H and O–H groups in total. The summed E-state index contributed by atoms with van der Waals surface area (Å²) in [7, 11) is 0. The molecule has 15 aromatic carbocycles. The van der Waals surface area contributed by atoms with Gasteiger partial charge in [0.15, 0.2) is 0 Å². The topological polar surface area (TPSA) is 6.48 Å². The Hall–Kier alpha value is -11.6. The van der Waals surface area contributed by atoms with Gasteiger partial charge in [0.2, 0.25) is 0 Å². The molecule has 0 aliphatic carbocycles. The fourth-order valence-corrected chi connectivity index (χ4v) is 12.7. The van der Waals surface area contributed by atoms with E-state index in [1.165, 1.54) is 65.3 Å². The predicted molar refractivity (Wildman–Crippen MR) is 376 cm³/mol. The van der Waals surface area contributed by atoms with Crippen molar-refractivity contribution in [2.24, 2.45) is 0 Å². The zero-order valence-corrected chi connectivity index (χ0v) is 48.5. The number of anilines is 6. The van der Waals surface area contributed by atoms with E-state index in [2.05, 4.69) is 374 Å². The molecular formula is C86H60N2. The van der Waals surface area contributed by atoms with Gasteiger partial charge in [-0.1, -0.05) is 279 Å². The average molecular weight is 1120 g/mol. The largest absolute Gasteiger partial charge is 0.310 e. The highest BCUT2D eigenvalue weighted by Crippen LogP contribution is 2.45. The summed E-state index contributed by atoms with van der Waals surface area (Å²) in [4.78, 5) is 4.67. The van der Waals surface area contributed by atoms with Crippen LogP contribution in [0.25, 0.3) is 88.6 Å². The highest BCUT2D eigenvalue weighted by atomic mass is 15.1. The zero-order valence-electron chi connectivity index (χ0n) is 48.5. The third kappa shape index (κ3) is 10.6. The molecule has 0 fully saturated rings. The first-order valence-corrected chi connectivity index (χ1v) is 30.2. The Bertz CT molecular complexity index is 4640. The Morgan fingerprint density at radius 1 is 0.205 bits per heavy atom. The standard InChI is InChI=1S/C86H60N2/c1-5-23-65(24-6-1)83(57-61-37-51-75(52-38-61)87(73-29-9-3-10-30-73)77-55-49-63-21-13-15-27-71(63)59-77)67-41-45-69(46-42-67)85-79-33-17-19-35-81(79)86(82-36-20-18-34-80(82)85)70-47-43-68(44-48-70)84(66-25-7-2-8-26-66)58-62-39-53-76(54-40-62)88(74-31-11-4-12-32-74)78-56-50-64-22-14-16-28-72(64)60-78/h1-60H/b83-57+,84-58+. The van der Waals surface area contributed by atoms with Crippen LogP contribution in [0, 0.1) is 0 Å². The summed E-state index contributed by atoms with van der Waals surface area (Å²) in [6, 6.07) is 128. The second-order valence-corrected chi connectivity index (χ2v) is 22.4. The highest BCUT2D eigenvalue weighted by Gasteiger charge is 2.20. The molecule has 88 heavy (non-hydrogen) atoms. The molecule has 0 aromatic heterocycles. The lowest BCUT2D eigenvalue weighted by molar-refractivity contribution is 1.29. The lowest BCUT2D eigenvalue weighted by atomic mass is 9.85. The van der Waals surface area contributed by atoms with E-state index < -0.39 is 0 Å². The Morgan fingerprint density at radius 2 is 0.477 bits per heavy atom.